The molecule has 1 nitrogen and oxygen atoms in total. The number of hydrogen-bond acceptors (Lipinski definition) is 1. The maximum atomic E-state index is 13.1. The highest BCUT2D eigenvalue weighted by atomic mass is 35.5. The molecule has 0 heterocycles. The Kier molecular flexibility index (Phi) is 5.16. The van der Waals surface area contributed by atoms with E-state index in [-0.39, 0.29) is 11.9 Å². The Morgan fingerprint density at radius 3 is 2.50 bits per heavy atom. The monoisotopic (exact) mass is 291 g/mol. The summed E-state index contributed by atoms with van der Waals surface area (Å²) < 4.78 is 13.1. The van der Waals surface area contributed by atoms with E-state index in [9.17, 15) is 4.39 Å². The van der Waals surface area contributed by atoms with E-state index < -0.39 is 0 Å². The zero-order chi connectivity index (χ0) is 14.5. The van der Waals surface area contributed by atoms with E-state index in [2.05, 4.69) is 12.2 Å². The summed E-state index contributed by atoms with van der Waals surface area (Å²) in [7, 11) is 0. The quantitative estimate of drug-likeness (QED) is 0.828. The summed E-state index contributed by atoms with van der Waals surface area (Å²) in [6, 6.07) is 12.6. The molecule has 0 aliphatic rings. The van der Waals surface area contributed by atoms with Crippen molar-refractivity contribution in [3.8, 4) is 0 Å². The Labute approximate surface area is 124 Å². The molecule has 0 bridgehead atoms. The molecule has 2 rings (SSSR count). The van der Waals surface area contributed by atoms with Crippen molar-refractivity contribution in [1.29, 1.82) is 0 Å². The highest BCUT2D eigenvalue weighted by Gasteiger charge is 2.17. The van der Waals surface area contributed by atoms with Crippen LogP contribution in [0.3, 0.4) is 0 Å². The molecular weight excluding hydrogens is 273 g/mol. The van der Waals surface area contributed by atoms with E-state index in [0.29, 0.717) is 0 Å². The van der Waals surface area contributed by atoms with Crippen molar-refractivity contribution in [2.45, 2.75) is 26.3 Å². The van der Waals surface area contributed by atoms with Crippen molar-refractivity contribution >= 4 is 11.6 Å². The molecule has 0 aliphatic heterocycles. The van der Waals surface area contributed by atoms with Crippen molar-refractivity contribution < 1.29 is 4.39 Å². The van der Waals surface area contributed by atoms with Gasteiger partial charge in [-0.1, -0.05) is 48.9 Å². The second-order valence-electron chi connectivity index (χ2n) is 4.92. The fourth-order valence-electron chi connectivity index (χ4n) is 2.24. The van der Waals surface area contributed by atoms with Crippen molar-refractivity contribution in [3.63, 3.8) is 0 Å². The lowest BCUT2D eigenvalue weighted by Gasteiger charge is -2.21. The largest absolute Gasteiger partial charge is 0.306 e. The third-order valence-electron chi connectivity index (χ3n) is 3.33. The van der Waals surface area contributed by atoms with Crippen LogP contribution < -0.4 is 5.32 Å². The van der Waals surface area contributed by atoms with Gasteiger partial charge < -0.3 is 5.32 Å². The molecule has 106 valence electrons. The highest BCUT2D eigenvalue weighted by molar-refractivity contribution is 6.32. The summed E-state index contributed by atoms with van der Waals surface area (Å²) in [5.74, 6) is -0.224. The minimum Gasteiger partial charge on any atom is -0.306 e. The van der Waals surface area contributed by atoms with Crippen LogP contribution in [0.25, 0.3) is 0 Å². The molecule has 2 aromatic rings. The third-order valence-corrected chi connectivity index (χ3v) is 3.85. The zero-order valence-electron chi connectivity index (χ0n) is 11.8. The minimum absolute atomic E-state index is 0.0112. The fourth-order valence-corrected chi connectivity index (χ4v) is 2.48. The highest BCUT2D eigenvalue weighted by Crippen LogP contribution is 2.30. The molecule has 0 aromatic heterocycles. The van der Waals surface area contributed by atoms with Crippen molar-refractivity contribution in [2.75, 3.05) is 6.54 Å². The van der Waals surface area contributed by atoms with E-state index in [0.717, 1.165) is 34.7 Å². The number of nitrogens with one attached hydrogen (secondary N) is 1. The standard InChI is InChI=1S/C17H19ClFN/c1-3-11-20-17(13-7-9-14(19)10-8-13)15-6-4-5-12(2)16(15)18/h4-10,17,20H,3,11H2,1-2H3. The molecule has 0 radical (unpaired) electrons. The Bertz CT molecular complexity index is 566. The molecule has 2 aromatic carbocycles. The van der Waals surface area contributed by atoms with Gasteiger partial charge in [-0.05, 0) is 48.7 Å². The number of hydrogen-bond donors (Lipinski definition) is 1. The number of halogens is 2. The maximum Gasteiger partial charge on any atom is 0.123 e. The van der Waals surface area contributed by atoms with E-state index in [1.165, 1.54) is 12.1 Å². The summed E-state index contributed by atoms with van der Waals surface area (Å²) in [6.07, 6.45) is 1.03. The van der Waals surface area contributed by atoms with Gasteiger partial charge >= 0.3 is 0 Å². The molecule has 20 heavy (non-hydrogen) atoms. The lowest BCUT2D eigenvalue weighted by Crippen LogP contribution is -2.23. The van der Waals surface area contributed by atoms with Crippen LogP contribution in [-0.4, -0.2) is 6.54 Å². The Hall–Kier alpha value is -1.38. The first-order valence-corrected chi connectivity index (χ1v) is 7.25. The normalized spacial score (nSPS) is 12.4. The van der Waals surface area contributed by atoms with Gasteiger partial charge in [0, 0.05) is 5.02 Å². The van der Waals surface area contributed by atoms with Crippen LogP contribution in [0.5, 0.6) is 0 Å². The van der Waals surface area contributed by atoms with E-state index in [1.807, 2.05) is 25.1 Å². The molecule has 0 aliphatic carbocycles. The van der Waals surface area contributed by atoms with Crippen molar-refractivity contribution in [3.05, 3.63) is 70.0 Å². The van der Waals surface area contributed by atoms with Gasteiger partial charge in [0.25, 0.3) is 0 Å². The summed E-state index contributed by atoms with van der Waals surface area (Å²) in [5.41, 5.74) is 3.11. The van der Waals surface area contributed by atoms with Gasteiger partial charge in [0.2, 0.25) is 0 Å². The zero-order valence-corrected chi connectivity index (χ0v) is 12.5. The average Bonchev–Trinajstić information content (AvgIpc) is 2.45. The second kappa shape index (κ2) is 6.87. The predicted molar refractivity (Wildman–Crippen MR) is 82.7 cm³/mol. The van der Waals surface area contributed by atoms with Crippen LogP contribution in [0.1, 0.15) is 36.1 Å². The molecule has 0 fully saturated rings. The molecule has 1 N–H and O–H groups in total. The molecule has 0 amide bonds. The predicted octanol–water partition coefficient (Wildman–Crippen LogP) is 4.88. The van der Waals surface area contributed by atoms with Gasteiger partial charge in [-0.3, -0.25) is 0 Å². The van der Waals surface area contributed by atoms with Crippen molar-refractivity contribution in [2.24, 2.45) is 0 Å². The lowest BCUT2D eigenvalue weighted by atomic mass is 9.97. The average molecular weight is 292 g/mol. The van der Waals surface area contributed by atoms with Gasteiger partial charge in [-0.15, -0.1) is 0 Å². The molecule has 0 saturated heterocycles. The Morgan fingerprint density at radius 1 is 1.15 bits per heavy atom. The summed E-state index contributed by atoms with van der Waals surface area (Å²) in [6.45, 7) is 4.99. The molecular formula is C17H19ClFN. The Morgan fingerprint density at radius 2 is 1.85 bits per heavy atom. The van der Waals surface area contributed by atoms with Crippen LogP contribution in [0.15, 0.2) is 42.5 Å². The third kappa shape index (κ3) is 3.38. The van der Waals surface area contributed by atoms with Gasteiger partial charge in [0.05, 0.1) is 6.04 Å². The van der Waals surface area contributed by atoms with E-state index in [4.69, 9.17) is 11.6 Å². The second-order valence-corrected chi connectivity index (χ2v) is 5.29. The van der Waals surface area contributed by atoms with Crippen LogP contribution >= 0.6 is 11.6 Å². The first-order chi connectivity index (χ1) is 9.63. The Balaban J connectivity index is 2.41. The maximum absolute atomic E-state index is 13.1. The van der Waals surface area contributed by atoms with Crippen LogP contribution in [0, 0.1) is 12.7 Å². The first-order valence-electron chi connectivity index (χ1n) is 6.87. The number of benzene rings is 2. The van der Waals surface area contributed by atoms with Gasteiger partial charge in [0.1, 0.15) is 5.82 Å². The molecule has 3 heteroatoms. The van der Waals surface area contributed by atoms with Gasteiger partial charge in [-0.2, -0.15) is 0 Å². The van der Waals surface area contributed by atoms with E-state index in [1.54, 1.807) is 12.1 Å². The van der Waals surface area contributed by atoms with Crippen LogP contribution in [0.2, 0.25) is 5.02 Å². The molecule has 1 atom stereocenters. The van der Waals surface area contributed by atoms with Crippen molar-refractivity contribution in [1.82, 2.24) is 5.32 Å². The summed E-state index contributed by atoms with van der Waals surface area (Å²) in [5, 5.41) is 4.25. The summed E-state index contributed by atoms with van der Waals surface area (Å²) >= 11 is 6.43. The number of rotatable bonds is 5. The minimum atomic E-state index is -0.224. The van der Waals surface area contributed by atoms with Gasteiger partial charge in [0.15, 0.2) is 0 Å². The van der Waals surface area contributed by atoms with Crippen LogP contribution in [-0.2, 0) is 0 Å². The number of aryl methyl sites for hydroxylation is 1. The first kappa shape index (κ1) is 15.0. The van der Waals surface area contributed by atoms with E-state index >= 15 is 0 Å². The molecule has 1 unspecified atom stereocenters. The van der Waals surface area contributed by atoms with Gasteiger partial charge in [-0.25, -0.2) is 4.39 Å². The lowest BCUT2D eigenvalue weighted by molar-refractivity contribution is 0.593. The summed E-state index contributed by atoms with van der Waals surface area (Å²) in [4.78, 5) is 0. The topological polar surface area (TPSA) is 12.0 Å². The molecule has 0 saturated carbocycles. The fraction of sp³-hybridized carbons (Fsp3) is 0.294. The smallest absolute Gasteiger partial charge is 0.123 e. The molecule has 0 spiro atoms. The van der Waals surface area contributed by atoms with Crippen LogP contribution in [0.4, 0.5) is 4.39 Å². The SMILES string of the molecule is CCCNC(c1ccc(F)cc1)c1cccc(C)c1Cl.